The Morgan fingerprint density at radius 3 is 2.55 bits per heavy atom. The van der Waals surface area contributed by atoms with E-state index in [4.69, 9.17) is 0 Å². The average molecular weight is 401 g/mol. The van der Waals surface area contributed by atoms with E-state index in [1.807, 2.05) is 0 Å². The minimum atomic E-state index is -0.180. The monoisotopic (exact) mass is 400 g/mol. The maximum absolute atomic E-state index is 14.4. The van der Waals surface area contributed by atoms with Crippen molar-refractivity contribution >= 4 is 22.1 Å². The molecule has 0 spiro atoms. The number of hydrogen-bond donors (Lipinski definition) is 0. The highest BCUT2D eigenvalue weighted by molar-refractivity contribution is 6.14. The molecule has 0 N–H and O–H groups in total. The normalized spacial score (nSPS) is 22.8. The standard InChI is InChI=1S/C30H24O/c1-16-14-17(2)25-27-21(16)12-11-20-15-19-7-5-9-23(19)28(26(20)27)30(31)29(25)24-13-10-18-6-3-4-8-22(18)24/h3-4,6-9,11-14,28-29H,5,10,15H2,1-2H3. The highest BCUT2D eigenvalue weighted by Crippen LogP contribution is 2.56. The van der Waals surface area contributed by atoms with Gasteiger partial charge in [0.15, 0.2) is 5.78 Å². The predicted molar refractivity (Wildman–Crippen MR) is 127 cm³/mol. The molecule has 4 aliphatic carbocycles. The van der Waals surface area contributed by atoms with Crippen LogP contribution in [0.3, 0.4) is 0 Å². The molecule has 7 rings (SSSR count). The summed E-state index contributed by atoms with van der Waals surface area (Å²) in [4.78, 5) is 14.4. The van der Waals surface area contributed by atoms with E-state index in [0.29, 0.717) is 5.78 Å². The Kier molecular flexibility index (Phi) is 3.35. The molecule has 1 heteroatoms. The second kappa shape index (κ2) is 5.95. The Hall–Kier alpha value is -3.19. The van der Waals surface area contributed by atoms with Gasteiger partial charge < -0.3 is 0 Å². The molecule has 0 heterocycles. The summed E-state index contributed by atoms with van der Waals surface area (Å²) in [5, 5.41) is 2.68. The summed E-state index contributed by atoms with van der Waals surface area (Å²) in [6.45, 7) is 4.41. The lowest BCUT2D eigenvalue weighted by Crippen LogP contribution is -2.32. The van der Waals surface area contributed by atoms with Crippen LogP contribution in [0.15, 0.2) is 71.8 Å². The third kappa shape index (κ3) is 2.14. The molecule has 3 aromatic rings. The van der Waals surface area contributed by atoms with Crippen LogP contribution in [0.4, 0.5) is 0 Å². The molecular weight excluding hydrogens is 376 g/mol. The highest BCUT2D eigenvalue weighted by atomic mass is 16.1. The molecule has 2 atom stereocenters. The number of fused-ring (bicyclic) bond motifs is 3. The van der Waals surface area contributed by atoms with Crippen molar-refractivity contribution in [3.8, 4) is 0 Å². The van der Waals surface area contributed by atoms with Crippen LogP contribution in [0, 0.1) is 13.8 Å². The molecule has 0 bridgehead atoms. The quantitative estimate of drug-likeness (QED) is 0.446. The van der Waals surface area contributed by atoms with E-state index in [1.54, 1.807) is 0 Å². The molecule has 1 nitrogen and oxygen atoms in total. The maximum atomic E-state index is 14.4. The first kappa shape index (κ1) is 17.5. The summed E-state index contributed by atoms with van der Waals surface area (Å²) < 4.78 is 0. The lowest BCUT2D eigenvalue weighted by molar-refractivity contribution is -0.120. The zero-order valence-corrected chi connectivity index (χ0v) is 18.0. The molecule has 0 aromatic heterocycles. The van der Waals surface area contributed by atoms with Gasteiger partial charge in [-0.15, -0.1) is 0 Å². The fraction of sp³-hybridized carbons (Fsp3) is 0.233. The van der Waals surface area contributed by atoms with Crippen molar-refractivity contribution in [3.05, 3.63) is 111 Å². The smallest absolute Gasteiger partial charge is 0.156 e. The van der Waals surface area contributed by atoms with E-state index in [1.165, 1.54) is 66.4 Å². The lowest BCUT2D eigenvalue weighted by Gasteiger charge is -2.39. The van der Waals surface area contributed by atoms with Gasteiger partial charge in [0.2, 0.25) is 0 Å². The second-order valence-electron chi connectivity index (χ2n) is 9.58. The van der Waals surface area contributed by atoms with Crippen molar-refractivity contribution in [3.63, 3.8) is 0 Å². The van der Waals surface area contributed by atoms with Gasteiger partial charge in [0.25, 0.3) is 0 Å². The minimum absolute atomic E-state index is 0.117. The van der Waals surface area contributed by atoms with Crippen LogP contribution in [0.1, 0.15) is 57.2 Å². The third-order valence-electron chi connectivity index (χ3n) is 7.98. The van der Waals surface area contributed by atoms with Crippen LogP contribution in [0.25, 0.3) is 16.3 Å². The number of carbonyl (C=O) groups is 1. The van der Waals surface area contributed by atoms with E-state index in [0.717, 1.165) is 19.3 Å². The first-order valence-corrected chi connectivity index (χ1v) is 11.4. The van der Waals surface area contributed by atoms with Crippen LogP contribution in [0.5, 0.6) is 0 Å². The number of allylic oxidation sites excluding steroid dienone is 6. The Balaban J connectivity index is 1.60. The summed E-state index contributed by atoms with van der Waals surface area (Å²) in [6.07, 6.45) is 9.79. The summed E-state index contributed by atoms with van der Waals surface area (Å²) in [6, 6.07) is 15.5. The molecule has 4 aliphatic rings. The fourth-order valence-corrected chi connectivity index (χ4v) is 6.73. The molecule has 31 heavy (non-hydrogen) atoms. The van der Waals surface area contributed by atoms with Crippen LogP contribution in [-0.4, -0.2) is 5.78 Å². The van der Waals surface area contributed by atoms with E-state index >= 15 is 0 Å². The Labute approximate surface area is 182 Å². The highest BCUT2D eigenvalue weighted by Gasteiger charge is 2.46. The van der Waals surface area contributed by atoms with E-state index in [2.05, 4.69) is 74.5 Å². The van der Waals surface area contributed by atoms with Gasteiger partial charge in [-0.05, 0) is 99.5 Å². The van der Waals surface area contributed by atoms with Crippen LogP contribution < -0.4 is 0 Å². The van der Waals surface area contributed by atoms with Crippen molar-refractivity contribution in [2.24, 2.45) is 0 Å². The zero-order valence-electron chi connectivity index (χ0n) is 18.0. The molecule has 150 valence electrons. The number of aryl methyl sites for hydroxylation is 2. The molecule has 0 saturated carbocycles. The van der Waals surface area contributed by atoms with Gasteiger partial charge in [0.05, 0.1) is 11.8 Å². The number of Topliss-reactive ketones (excluding diaryl/α,β-unsaturated/α-hetero) is 1. The third-order valence-corrected chi connectivity index (χ3v) is 7.98. The lowest BCUT2D eigenvalue weighted by atomic mass is 9.63. The molecule has 0 fully saturated rings. The number of benzene rings is 3. The molecule has 0 amide bonds. The Morgan fingerprint density at radius 1 is 0.806 bits per heavy atom. The van der Waals surface area contributed by atoms with Gasteiger partial charge >= 0.3 is 0 Å². The zero-order chi connectivity index (χ0) is 20.9. The van der Waals surface area contributed by atoms with Crippen molar-refractivity contribution in [2.75, 3.05) is 0 Å². The summed E-state index contributed by atoms with van der Waals surface area (Å²) in [5.41, 5.74) is 13.0. The first-order chi connectivity index (χ1) is 15.1. The minimum Gasteiger partial charge on any atom is -0.298 e. The topological polar surface area (TPSA) is 17.1 Å². The van der Waals surface area contributed by atoms with E-state index in [9.17, 15) is 4.79 Å². The number of ketones is 1. The number of rotatable bonds is 1. The Morgan fingerprint density at radius 2 is 1.65 bits per heavy atom. The van der Waals surface area contributed by atoms with Gasteiger partial charge in [-0.2, -0.15) is 0 Å². The van der Waals surface area contributed by atoms with Crippen LogP contribution >= 0.6 is 0 Å². The second-order valence-corrected chi connectivity index (χ2v) is 9.58. The summed E-state index contributed by atoms with van der Waals surface area (Å²) >= 11 is 0. The first-order valence-electron chi connectivity index (χ1n) is 11.4. The molecule has 3 aromatic carbocycles. The number of hydrogen-bond acceptors (Lipinski definition) is 1. The average Bonchev–Trinajstić information content (AvgIpc) is 3.41. The molecular formula is C30H24O. The van der Waals surface area contributed by atoms with Crippen molar-refractivity contribution < 1.29 is 4.79 Å². The van der Waals surface area contributed by atoms with Crippen LogP contribution in [-0.2, 0) is 17.6 Å². The van der Waals surface area contributed by atoms with Crippen molar-refractivity contribution in [1.29, 1.82) is 0 Å². The van der Waals surface area contributed by atoms with Gasteiger partial charge in [-0.25, -0.2) is 0 Å². The van der Waals surface area contributed by atoms with Crippen molar-refractivity contribution in [1.82, 2.24) is 0 Å². The SMILES string of the molecule is Cc1cc(C)c2ccc3c4c2c1C(C1=CCc2ccccc21)C(=O)C4C1=CCC=C1C3. The fourth-order valence-electron chi connectivity index (χ4n) is 6.73. The molecule has 0 radical (unpaired) electrons. The molecule has 0 saturated heterocycles. The summed E-state index contributed by atoms with van der Waals surface area (Å²) in [7, 11) is 0. The van der Waals surface area contributed by atoms with E-state index in [-0.39, 0.29) is 11.8 Å². The van der Waals surface area contributed by atoms with Crippen LogP contribution in [0.2, 0.25) is 0 Å². The van der Waals surface area contributed by atoms with Crippen molar-refractivity contribution in [2.45, 2.75) is 44.9 Å². The van der Waals surface area contributed by atoms with Gasteiger partial charge in [-0.3, -0.25) is 4.79 Å². The van der Waals surface area contributed by atoms with Gasteiger partial charge in [0, 0.05) is 0 Å². The largest absolute Gasteiger partial charge is 0.298 e. The Bertz CT molecular complexity index is 1440. The molecule has 2 unspecified atom stereocenters. The number of carbonyl (C=O) groups excluding carboxylic acids is 1. The molecule has 0 aliphatic heterocycles. The summed E-state index contributed by atoms with van der Waals surface area (Å²) in [5.74, 6) is 0.0730. The van der Waals surface area contributed by atoms with Gasteiger partial charge in [0.1, 0.15) is 0 Å². The maximum Gasteiger partial charge on any atom is 0.156 e. The van der Waals surface area contributed by atoms with E-state index < -0.39 is 0 Å². The predicted octanol–water partition coefficient (Wildman–Crippen LogP) is 6.66. The van der Waals surface area contributed by atoms with Gasteiger partial charge in [-0.1, -0.05) is 60.7 Å².